The number of anilines is 1. The fraction of sp³-hybridized carbons (Fsp3) is 0.438. The van der Waals surface area contributed by atoms with Crippen molar-refractivity contribution < 1.29 is 23.8 Å². The fourth-order valence-corrected chi connectivity index (χ4v) is 3.07. The Morgan fingerprint density at radius 2 is 2.08 bits per heavy atom. The van der Waals surface area contributed by atoms with Gasteiger partial charge in [0.1, 0.15) is 4.60 Å². The van der Waals surface area contributed by atoms with Crippen LogP contribution < -0.4 is 15.0 Å². The molecule has 134 valence electrons. The van der Waals surface area contributed by atoms with Crippen molar-refractivity contribution in [1.82, 2.24) is 10.3 Å². The highest BCUT2D eigenvalue weighted by atomic mass is 79.9. The molecule has 9 heteroatoms. The first-order valence-corrected chi connectivity index (χ1v) is 8.74. The molecule has 1 aromatic rings. The van der Waals surface area contributed by atoms with Gasteiger partial charge in [0.15, 0.2) is 5.75 Å². The third-order valence-electron chi connectivity index (χ3n) is 3.77. The van der Waals surface area contributed by atoms with Crippen LogP contribution in [0.1, 0.15) is 13.3 Å². The molecule has 0 saturated carbocycles. The molecule has 0 bridgehead atoms. The summed E-state index contributed by atoms with van der Waals surface area (Å²) in [6.45, 7) is 3.69. The molecule has 0 amide bonds. The fourth-order valence-electron chi connectivity index (χ4n) is 2.74. The lowest BCUT2D eigenvalue weighted by molar-refractivity contribution is -0.217. The molecule has 0 radical (unpaired) electrons. The van der Waals surface area contributed by atoms with Crippen LogP contribution in [0.3, 0.4) is 0 Å². The Balaban J connectivity index is 2.02. The Kier molecular flexibility index (Phi) is 5.24. The summed E-state index contributed by atoms with van der Waals surface area (Å²) in [5.74, 6) is -2.31. The lowest BCUT2D eigenvalue weighted by Crippen LogP contribution is -2.58. The molecule has 25 heavy (non-hydrogen) atoms. The molecule has 0 unspecified atom stereocenters. The minimum atomic E-state index is -1.58. The van der Waals surface area contributed by atoms with E-state index in [9.17, 15) is 9.59 Å². The van der Waals surface area contributed by atoms with E-state index in [-0.39, 0.29) is 6.54 Å². The quantitative estimate of drug-likeness (QED) is 0.588. The van der Waals surface area contributed by atoms with E-state index in [1.54, 1.807) is 17.2 Å². The van der Waals surface area contributed by atoms with Gasteiger partial charge in [-0.2, -0.15) is 0 Å². The van der Waals surface area contributed by atoms with Gasteiger partial charge in [0, 0.05) is 24.8 Å². The number of carbonyl (C=O) groups is 2. The number of hydrogen-bond acceptors (Lipinski definition) is 8. The zero-order valence-corrected chi connectivity index (χ0v) is 15.2. The normalized spacial score (nSPS) is 19.8. The van der Waals surface area contributed by atoms with Gasteiger partial charge in [0.25, 0.3) is 0 Å². The summed E-state index contributed by atoms with van der Waals surface area (Å²) in [5, 5.41) is 3.14. The maximum atomic E-state index is 12.0. The Bertz CT molecular complexity index is 689. The summed E-state index contributed by atoms with van der Waals surface area (Å²) >= 11 is 3.34. The van der Waals surface area contributed by atoms with Crippen LogP contribution in [-0.4, -0.2) is 49.1 Å². The van der Waals surface area contributed by atoms with E-state index in [0.717, 1.165) is 18.6 Å². The molecule has 1 saturated heterocycles. The highest BCUT2D eigenvalue weighted by Crippen LogP contribution is 2.34. The third-order valence-corrected chi connectivity index (χ3v) is 4.37. The second kappa shape index (κ2) is 7.40. The van der Waals surface area contributed by atoms with Crippen LogP contribution in [-0.2, 0) is 19.1 Å². The number of aromatic nitrogens is 1. The predicted molar refractivity (Wildman–Crippen MR) is 92.0 cm³/mol. The van der Waals surface area contributed by atoms with Gasteiger partial charge in [-0.1, -0.05) is 0 Å². The first-order valence-electron chi connectivity index (χ1n) is 7.95. The molecule has 1 aromatic heterocycles. The van der Waals surface area contributed by atoms with Crippen molar-refractivity contribution in [3.05, 3.63) is 29.0 Å². The molecule has 1 N–H and O–H groups in total. The number of halogens is 1. The molecule has 3 heterocycles. The largest absolute Gasteiger partial charge is 0.491 e. The monoisotopic (exact) mass is 411 g/mol. The molecule has 0 atom stereocenters. The molecule has 1 fully saturated rings. The summed E-state index contributed by atoms with van der Waals surface area (Å²) in [6, 6.07) is 1.77. The van der Waals surface area contributed by atoms with Gasteiger partial charge < -0.3 is 19.5 Å². The van der Waals surface area contributed by atoms with Crippen molar-refractivity contribution in [1.29, 1.82) is 0 Å². The molecular formula is C16H18BrN3O5. The molecule has 2 aliphatic rings. The first kappa shape index (κ1) is 17.7. The Morgan fingerprint density at radius 3 is 2.76 bits per heavy atom. The highest BCUT2D eigenvalue weighted by molar-refractivity contribution is 9.10. The van der Waals surface area contributed by atoms with E-state index >= 15 is 0 Å². The lowest BCUT2D eigenvalue weighted by Gasteiger charge is -2.40. The van der Waals surface area contributed by atoms with Crippen LogP contribution >= 0.6 is 15.9 Å². The average Bonchev–Trinajstić information content (AvgIpc) is 2.86. The summed E-state index contributed by atoms with van der Waals surface area (Å²) in [5.41, 5.74) is 0.623. The van der Waals surface area contributed by atoms with E-state index < -0.39 is 17.8 Å². The molecular weight excluding hydrogens is 394 g/mol. The summed E-state index contributed by atoms with van der Waals surface area (Å²) in [6.07, 6.45) is 4.50. The van der Waals surface area contributed by atoms with Crippen molar-refractivity contribution in [2.75, 3.05) is 31.1 Å². The number of nitrogens with one attached hydrogen (secondary N) is 1. The third kappa shape index (κ3) is 3.77. The average molecular weight is 412 g/mol. The number of rotatable bonds is 3. The summed E-state index contributed by atoms with van der Waals surface area (Å²) < 4.78 is 17.1. The van der Waals surface area contributed by atoms with E-state index in [1.165, 1.54) is 0 Å². The van der Waals surface area contributed by atoms with E-state index in [4.69, 9.17) is 14.2 Å². The number of ether oxygens (including phenoxy) is 3. The maximum Gasteiger partial charge on any atom is 0.356 e. The number of hydrogen-bond donors (Lipinski definition) is 1. The minimum Gasteiger partial charge on any atom is -0.491 e. The Hall–Kier alpha value is -2.13. The van der Waals surface area contributed by atoms with Crippen LogP contribution in [0.5, 0.6) is 5.75 Å². The molecule has 3 rings (SSSR count). The Morgan fingerprint density at radius 1 is 1.36 bits per heavy atom. The van der Waals surface area contributed by atoms with Crippen LogP contribution in [0.25, 0.3) is 0 Å². The standard InChI is InChI=1S/C16H18BrN3O5/c1-2-23-12-8-11(9-19-15(12)17)20-7-3-6-18-10-16(20)24-13(21)4-5-14(22)25-16/h4-5,8-9,18H,2-3,6-7,10H2,1H3. The smallest absolute Gasteiger partial charge is 0.356 e. The number of pyridine rings is 1. The SMILES string of the molecule is CCOc1cc(N2CCCNCC23OC(=O)C=CC(=O)O3)cnc1Br. The van der Waals surface area contributed by atoms with Gasteiger partial charge in [-0.25, -0.2) is 14.6 Å². The van der Waals surface area contributed by atoms with Gasteiger partial charge >= 0.3 is 17.8 Å². The van der Waals surface area contributed by atoms with E-state index in [1.807, 2.05) is 6.92 Å². The number of carbonyl (C=O) groups excluding carboxylic acids is 2. The van der Waals surface area contributed by atoms with Crippen LogP contribution in [0.2, 0.25) is 0 Å². The van der Waals surface area contributed by atoms with Crippen LogP contribution in [0.15, 0.2) is 29.0 Å². The van der Waals surface area contributed by atoms with E-state index in [0.29, 0.717) is 35.7 Å². The van der Waals surface area contributed by atoms with Gasteiger partial charge in [0.05, 0.1) is 25.0 Å². The minimum absolute atomic E-state index is 0.145. The zero-order valence-electron chi connectivity index (χ0n) is 13.7. The van der Waals surface area contributed by atoms with Gasteiger partial charge in [-0.3, -0.25) is 4.90 Å². The number of esters is 2. The Labute approximate surface area is 153 Å². The molecule has 8 nitrogen and oxygen atoms in total. The highest BCUT2D eigenvalue weighted by Gasteiger charge is 2.47. The van der Waals surface area contributed by atoms with E-state index in [2.05, 4.69) is 26.2 Å². The van der Waals surface area contributed by atoms with Crippen LogP contribution in [0.4, 0.5) is 5.69 Å². The van der Waals surface area contributed by atoms with Gasteiger partial charge in [0.2, 0.25) is 0 Å². The van der Waals surface area contributed by atoms with Crippen molar-refractivity contribution in [3.8, 4) is 5.75 Å². The molecule has 0 aliphatic carbocycles. The maximum absolute atomic E-state index is 12.0. The topological polar surface area (TPSA) is 90.0 Å². The van der Waals surface area contributed by atoms with Crippen molar-refractivity contribution >= 4 is 33.6 Å². The van der Waals surface area contributed by atoms with Gasteiger partial charge in [-0.05, 0) is 35.8 Å². The molecule has 2 aliphatic heterocycles. The van der Waals surface area contributed by atoms with Crippen molar-refractivity contribution in [2.24, 2.45) is 0 Å². The molecule has 0 aromatic carbocycles. The number of nitrogens with zero attached hydrogens (tertiary/aromatic N) is 2. The van der Waals surface area contributed by atoms with Crippen molar-refractivity contribution in [3.63, 3.8) is 0 Å². The summed E-state index contributed by atoms with van der Waals surface area (Å²) in [7, 11) is 0. The molecule has 1 spiro atoms. The first-order chi connectivity index (χ1) is 12.0. The zero-order chi connectivity index (χ0) is 17.9. The second-order valence-corrected chi connectivity index (χ2v) is 6.24. The van der Waals surface area contributed by atoms with Gasteiger partial charge in [-0.15, -0.1) is 0 Å². The lowest BCUT2D eigenvalue weighted by atomic mass is 10.2. The summed E-state index contributed by atoms with van der Waals surface area (Å²) in [4.78, 5) is 29.9. The predicted octanol–water partition coefficient (Wildman–Crippen LogP) is 1.35. The van der Waals surface area contributed by atoms with Crippen molar-refractivity contribution in [2.45, 2.75) is 19.3 Å². The second-order valence-electron chi connectivity index (χ2n) is 5.49. The van der Waals surface area contributed by atoms with Crippen LogP contribution in [0, 0.1) is 0 Å².